The van der Waals surface area contributed by atoms with Crippen molar-refractivity contribution in [2.75, 3.05) is 13.1 Å². The van der Waals surface area contributed by atoms with E-state index in [-0.39, 0.29) is 23.9 Å². The Morgan fingerprint density at radius 1 is 0.719 bits per heavy atom. The number of H-pyrrole nitrogens is 2. The Bertz CT molecular complexity index is 2370. The molecule has 0 radical (unpaired) electrons. The van der Waals surface area contributed by atoms with Crippen LogP contribution in [0.15, 0.2) is 116 Å². The van der Waals surface area contributed by atoms with Crippen molar-refractivity contribution in [3.8, 4) is 33.6 Å². The Hall–Kier alpha value is -6.20. The first-order valence-corrected chi connectivity index (χ1v) is 19.7. The Labute approximate surface area is 336 Å². The molecule has 11 nitrogen and oxygen atoms in total. The largest absolute Gasteiger partial charge is 0.465 e. The van der Waals surface area contributed by atoms with Crippen molar-refractivity contribution in [3.05, 3.63) is 143 Å². The molecule has 3 amide bonds. The standard InChI is InChI=1S/C45H44ClN7O4/c1-45(2,33-20-22-34(46)23-21-33)43(55)53-25-7-11-38(53)41-48-27-36(50-41)31-18-14-29(15-19-31)28-12-16-30(17-13-28)35-26-47-40(49-35)37-10-6-24-52(37)42(54)39(51-44(56)57)32-8-4-3-5-9-32/h3-5,8-9,12-23,26-27,37-39,51H,6-7,10-11,24-25H2,1-2H3,(H,47,49)(H,48,50)(H,56,57)/t37-,38-,39+/m0/s1. The van der Waals surface area contributed by atoms with Gasteiger partial charge in [0.25, 0.3) is 5.91 Å². The summed E-state index contributed by atoms with van der Waals surface area (Å²) in [6.45, 7) is 5.14. The number of nitrogens with one attached hydrogen (secondary N) is 3. The van der Waals surface area contributed by atoms with Crippen LogP contribution in [-0.4, -0.2) is 65.8 Å². The molecule has 0 unspecified atom stereocenters. The van der Waals surface area contributed by atoms with Gasteiger partial charge in [0, 0.05) is 18.1 Å². The Morgan fingerprint density at radius 3 is 1.74 bits per heavy atom. The van der Waals surface area contributed by atoms with Gasteiger partial charge < -0.3 is 30.2 Å². The summed E-state index contributed by atoms with van der Waals surface area (Å²) in [6.07, 6.45) is 5.66. The first-order chi connectivity index (χ1) is 27.6. The zero-order valence-corrected chi connectivity index (χ0v) is 32.5. The third kappa shape index (κ3) is 7.67. The van der Waals surface area contributed by atoms with Gasteiger partial charge in [0.1, 0.15) is 17.7 Å². The van der Waals surface area contributed by atoms with E-state index < -0.39 is 17.6 Å². The fourth-order valence-electron chi connectivity index (χ4n) is 8.17. The molecule has 2 fully saturated rings. The van der Waals surface area contributed by atoms with Gasteiger partial charge in [0.2, 0.25) is 5.91 Å². The lowest BCUT2D eigenvalue weighted by Crippen LogP contribution is -2.43. The molecule has 6 aromatic rings. The highest BCUT2D eigenvalue weighted by Gasteiger charge is 2.41. The number of aromatic nitrogens is 4. The van der Waals surface area contributed by atoms with Crippen molar-refractivity contribution in [2.24, 2.45) is 0 Å². The van der Waals surface area contributed by atoms with Crippen molar-refractivity contribution in [1.29, 1.82) is 0 Å². The average molecular weight is 782 g/mol. The van der Waals surface area contributed by atoms with E-state index in [0.717, 1.165) is 70.7 Å². The first kappa shape index (κ1) is 37.7. The van der Waals surface area contributed by atoms with Crippen LogP contribution < -0.4 is 5.32 Å². The summed E-state index contributed by atoms with van der Waals surface area (Å²) in [6, 6.07) is 31.6. The molecule has 4 heterocycles. The van der Waals surface area contributed by atoms with Crippen molar-refractivity contribution >= 4 is 29.5 Å². The molecule has 4 aromatic carbocycles. The number of benzene rings is 4. The minimum Gasteiger partial charge on any atom is -0.465 e. The predicted molar refractivity (Wildman–Crippen MR) is 219 cm³/mol. The molecule has 2 aliphatic heterocycles. The molecule has 0 spiro atoms. The topological polar surface area (TPSA) is 147 Å². The second-order valence-corrected chi connectivity index (χ2v) is 15.7. The molecule has 0 saturated carbocycles. The van der Waals surface area contributed by atoms with Crippen molar-refractivity contribution in [1.82, 2.24) is 35.1 Å². The van der Waals surface area contributed by atoms with Gasteiger partial charge in [-0.1, -0.05) is 103 Å². The van der Waals surface area contributed by atoms with Crippen LogP contribution in [0.3, 0.4) is 0 Å². The molecule has 4 N–H and O–H groups in total. The maximum atomic E-state index is 13.9. The van der Waals surface area contributed by atoms with Gasteiger partial charge in [-0.3, -0.25) is 9.59 Å². The van der Waals surface area contributed by atoms with E-state index in [2.05, 4.69) is 56.7 Å². The van der Waals surface area contributed by atoms with Gasteiger partial charge in [-0.15, -0.1) is 0 Å². The van der Waals surface area contributed by atoms with Crippen molar-refractivity contribution < 1.29 is 19.5 Å². The van der Waals surface area contributed by atoms with E-state index in [1.165, 1.54) is 0 Å². The number of imidazole rings is 2. The lowest BCUT2D eigenvalue weighted by atomic mass is 9.83. The number of amides is 3. The third-order valence-electron chi connectivity index (χ3n) is 11.3. The monoisotopic (exact) mass is 781 g/mol. The van der Waals surface area contributed by atoms with E-state index in [4.69, 9.17) is 16.6 Å². The summed E-state index contributed by atoms with van der Waals surface area (Å²) < 4.78 is 0. The highest BCUT2D eigenvalue weighted by Crippen LogP contribution is 2.38. The number of hydrogen-bond acceptors (Lipinski definition) is 5. The Balaban J connectivity index is 0.928. The number of rotatable bonds is 10. The number of aromatic amines is 2. The Morgan fingerprint density at radius 2 is 1.21 bits per heavy atom. The molecule has 2 aromatic heterocycles. The van der Waals surface area contributed by atoms with Crippen LogP contribution in [0.1, 0.15) is 80.4 Å². The lowest BCUT2D eigenvalue weighted by molar-refractivity contribution is -0.137. The van der Waals surface area contributed by atoms with Crippen LogP contribution in [0.5, 0.6) is 0 Å². The maximum absolute atomic E-state index is 13.9. The minimum absolute atomic E-state index is 0.0746. The van der Waals surface area contributed by atoms with E-state index >= 15 is 0 Å². The van der Waals surface area contributed by atoms with Crippen molar-refractivity contribution in [2.45, 2.75) is 63.1 Å². The second-order valence-electron chi connectivity index (χ2n) is 15.3. The fourth-order valence-corrected chi connectivity index (χ4v) is 8.30. The van der Waals surface area contributed by atoms with Gasteiger partial charge in [-0.05, 0) is 85.0 Å². The zero-order valence-electron chi connectivity index (χ0n) is 31.8. The molecule has 57 heavy (non-hydrogen) atoms. The van der Waals surface area contributed by atoms with E-state index in [1.54, 1.807) is 35.4 Å². The van der Waals surface area contributed by atoms with E-state index in [0.29, 0.717) is 29.5 Å². The van der Waals surface area contributed by atoms with Gasteiger partial charge in [0.05, 0.1) is 41.3 Å². The number of likely N-dealkylation sites (tertiary alicyclic amines) is 2. The summed E-state index contributed by atoms with van der Waals surface area (Å²) in [7, 11) is 0. The number of nitrogens with zero attached hydrogens (tertiary/aromatic N) is 4. The van der Waals surface area contributed by atoms with Gasteiger partial charge >= 0.3 is 6.09 Å². The Kier molecular flexibility index (Phi) is 10.4. The molecular weight excluding hydrogens is 738 g/mol. The lowest BCUT2D eigenvalue weighted by Gasteiger charge is -2.33. The van der Waals surface area contributed by atoms with Gasteiger partial charge in [-0.2, -0.15) is 0 Å². The fraction of sp³-hybridized carbons (Fsp3) is 0.267. The number of carbonyl (C=O) groups excluding carboxylic acids is 2. The highest BCUT2D eigenvalue weighted by molar-refractivity contribution is 6.30. The smallest absolute Gasteiger partial charge is 0.405 e. The second kappa shape index (κ2) is 15.7. The molecular formula is C45H44ClN7O4. The number of hydrogen-bond donors (Lipinski definition) is 4. The molecule has 8 rings (SSSR count). The van der Waals surface area contributed by atoms with Crippen LogP contribution in [0, 0.1) is 0 Å². The summed E-state index contributed by atoms with van der Waals surface area (Å²) in [5.41, 5.74) is 6.65. The number of carboxylic acid groups (broad SMARTS) is 1. The van der Waals surface area contributed by atoms with Gasteiger partial charge in [0.15, 0.2) is 0 Å². The van der Waals surface area contributed by atoms with E-state index in [1.807, 2.05) is 67.4 Å². The van der Waals surface area contributed by atoms with Crippen LogP contribution in [-0.2, 0) is 15.0 Å². The summed E-state index contributed by atoms with van der Waals surface area (Å²) >= 11 is 6.12. The van der Waals surface area contributed by atoms with Crippen LogP contribution >= 0.6 is 11.6 Å². The summed E-state index contributed by atoms with van der Waals surface area (Å²) in [5.74, 6) is 1.25. The quantitative estimate of drug-likeness (QED) is 0.109. The average Bonchev–Trinajstić information content (AvgIpc) is 4.07. The van der Waals surface area contributed by atoms with Gasteiger partial charge in [-0.25, -0.2) is 14.8 Å². The number of carbonyl (C=O) groups is 3. The van der Waals surface area contributed by atoms with Crippen LogP contribution in [0.4, 0.5) is 4.79 Å². The SMILES string of the molecule is CC(C)(C(=O)N1CCC[C@H]1c1ncc(-c2ccc(-c3ccc(-c4cnc([C@@H]5CCCN5C(=O)[C@H](NC(=O)O)c5ccccc5)[nH]4)cc3)cc2)[nH]1)c1ccc(Cl)cc1. The zero-order chi connectivity index (χ0) is 39.7. The maximum Gasteiger partial charge on any atom is 0.405 e. The molecule has 2 saturated heterocycles. The molecule has 290 valence electrons. The third-order valence-corrected chi connectivity index (χ3v) is 11.6. The van der Waals surface area contributed by atoms with E-state index in [9.17, 15) is 19.5 Å². The predicted octanol–water partition coefficient (Wildman–Crippen LogP) is 9.10. The minimum atomic E-state index is -1.25. The molecule has 0 aliphatic carbocycles. The van der Waals surface area contributed by atoms with Crippen LogP contribution in [0.2, 0.25) is 5.02 Å². The van der Waals surface area contributed by atoms with Crippen LogP contribution in [0.25, 0.3) is 33.6 Å². The normalized spacial score (nSPS) is 17.5. The number of halogens is 1. The molecule has 12 heteroatoms. The molecule has 3 atom stereocenters. The summed E-state index contributed by atoms with van der Waals surface area (Å²) in [5, 5.41) is 12.5. The first-order valence-electron chi connectivity index (χ1n) is 19.3. The molecule has 0 bridgehead atoms. The molecule has 2 aliphatic rings. The highest BCUT2D eigenvalue weighted by atomic mass is 35.5. The van der Waals surface area contributed by atoms with Crippen molar-refractivity contribution in [3.63, 3.8) is 0 Å². The summed E-state index contributed by atoms with van der Waals surface area (Å²) in [4.78, 5) is 59.3.